The first-order valence-electron chi connectivity index (χ1n) is 7.16. The van der Waals surface area contributed by atoms with Crippen molar-refractivity contribution < 1.29 is 24.2 Å². The second-order valence-electron chi connectivity index (χ2n) is 4.98. The molecule has 2 heterocycles. The Hall–Kier alpha value is -2.68. The molecule has 2 N–H and O–H groups in total. The van der Waals surface area contributed by atoms with E-state index in [1.165, 1.54) is 23.7 Å². The third-order valence-electron chi connectivity index (χ3n) is 3.28. The van der Waals surface area contributed by atoms with Crippen LogP contribution in [0.3, 0.4) is 0 Å². The summed E-state index contributed by atoms with van der Waals surface area (Å²) < 4.78 is 6.18. The zero-order valence-electron chi connectivity index (χ0n) is 13.5. The van der Waals surface area contributed by atoms with Crippen LogP contribution >= 0.6 is 11.3 Å². The van der Waals surface area contributed by atoms with Gasteiger partial charge >= 0.3 is 11.9 Å². The molecular weight excluding hydrogens is 334 g/mol. The number of nitrogens with zero attached hydrogens (tertiary/aromatic N) is 2. The molecule has 2 aromatic heterocycles. The fourth-order valence-electron chi connectivity index (χ4n) is 2.05. The quantitative estimate of drug-likeness (QED) is 0.771. The van der Waals surface area contributed by atoms with Gasteiger partial charge in [0.2, 0.25) is 0 Å². The van der Waals surface area contributed by atoms with Crippen LogP contribution in [0.5, 0.6) is 0 Å². The topological polar surface area (TPSA) is 111 Å². The number of hydrogen-bond acceptors (Lipinski definition) is 6. The minimum atomic E-state index is -1.06. The maximum absolute atomic E-state index is 12.3. The molecule has 0 unspecified atom stereocenters. The molecule has 0 aliphatic heterocycles. The Labute approximate surface area is 142 Å². The molecule has 24 heavy (non-hydrogen) atoms. The molecular formula is C15H17N3O5S. The molecule has 0 radical (unpaired) electrons. The summed E-state index contributed by atoms with van der Waals surface area (Å²) in [4.78, 5) is 36.0. The number of nitrogens with one attached hydrogen (secondary N) is 1. The van der Waals surface area contributed by atoms with Gasteiger partial charge in [-0.3, -0.25) is 14.3 Å². The SMILES string of the molecule is CCOC(=O)c1c(NC(=O)c2cnn(CC(=O)O)c2)sc(C)c1C. The van der Waals surface area contributed by atoms with Crippen molar-refractivity contribution >= 4 is 34.2 Å². The summed E-state index contributed by atoms with van der Waals surface area (Å²) >= 11 is 1.28. The van der Waals surface area contributed by atoms with Crippen molar-refractivity contribution in [2.24, 2.45) is 0 Å². The van der Waals surface area contributed by atoms with Gasteiger partial charge in [0.25, 0.3) is 5.91 Å². The Bertz CT molecular complexity index is 793. The van der Waals surface area contributed by atoms with Gasteiger partial charge in [0.1, 0.15) is 11.5 Å². The van der Waals surface area contributed by atoms with Crippen LogP contribution in [0.15, 0.2) is 12.4 Å². The van der Waals surface area contributed by atoms with E-state index in [0.717, 1.165) is 15.1 Å². The highest BCUT2D eigenvalue weighted by Crippen LogP contribution is 2.33. The van der Waals surface area contributed by atoms with Crippen LogP contribution in [0.2, 0.25) is 0 Å². The van der Waals surface area contributed by atoms with Crippen LogP contribution in [0.1, 0.15) is 38.1 Å². The standard InChI is InChI=1S/C15H17N3O5S/c1-4-23-15(22)12-8(2)9(3)24-14(12)17-13(21)10-5-16-18(6-10)7-11(19)20/h5-6H,4,7H2,1-3H3,(H,17,21)(H,19,20). The van der Waals surface area contributed by atoms with Crippen LogP contribution < -0.4 is 5.32 Å². The molecule has 0 spiro atoms. The van der Waals surface area contributed by atoms with Crippen molar-refractivity contribution in [1.29, 1.82) is 0 Å². The molecule has 128 valence electrons. The zero-order valence-corrected chi connectivity index (χ0v) is 14.3. The van der Waals surface area contributed by atoms with Gasteiger partial charge in [0, 0.05) is 11.1 Å². The van der Waals surface area contributed by atoms with Gasteiger partial charge < -0.3 is 15.2 Å². The average Bonchev–Trinajstić information content (AvgIpc) is 3.04. The van der Waals surface area contributed by atoms with Crippen molar-refractivity contribution in [2.45, 2.75) is 27.3 Å². The van der Waals surface area contributed by atoms with E-state index < -0.39 is 17.8 Å². The van der Waals surface area contributed by atoms with Gasteiger partial charge in [-0.1, -0.05) is 0 Å². The number of carbonyl (C=O) groups excluding carboxylic acids is 2. The Morgan fingerprint density at radius 2 is 2.08 bits per heavy atom. The lowest BCUT2D eigenvalue weighted by Gasteiger charge is -2.06. The normalized spacial score (nSPS) is 10.5. The lowest BCUT2D eigenvalue weighted by Crippen LogP contribution is -2.14. The molecule has 8 nitrogen and oxygen atoms in total. The molecule has 0 saturated heterocycles. The minimum absolute atomic E-state index is 0.203. The number of carboxylic acid groups (broad SMARTS) is 1. The van der Waals surface area contributed by atoms with Gasteiger partial charge in [-0.25, -0.2) is 4.79 Å². The summed E-state index contributed by atoms with van der Waals surface area (Å²) in [6.45, 7) is 5.25. The molecule has 0 aliphatic carbocycles. The average molecular weight is 351 g/mol. The molecule has 2 aromatic rings. The monoisotopic (exact) mass is 351 g/mol. The van der Waals surface area contributed by atoms with E-state index in [4.69, 9.17) is 9.84 Å². The molecule has 0 saturated carbocycles. The zero-order chi connectivity index (χ0) is 17.9. The van der Waals surface area contributed by atoms with Crippen molar-refractivity contribution in [3.63, 3.8) is 0 Å². The van der Waals surface area contributed by atoms with Crippen LogP contribution in [0, 0.1) is 13.8 Å². The first kappa shape index (κ1) is 17.7. The number of hydrogen-bond donors (Lipinski definition) is 2. The van der Waals surface area contributed by atoms with E-state index in [1.54, 1.807) is 13.8 Å². The maximum Gasteiger partial charge on any atom is 0.341 e. The smallest absolute Gasteiger partial charge is 0.341 e. The van der Waals surface area contributed by atoms with E-state index in [-0.39, 0.29) is 18.7 Å². The number of aryl methyl sites for hydroxylation is 1. The largest absolute Gasteiger partial charge is 0.480 e. The Kier molecular flexibility index (Phi) is 5.35. The highest BCUT2D eigenvalue weighted by Gasteiger charge is 2.22. The molecule has 0 bridgehead atoms. The summed E-state index contributed by atoms with van der Waals surface area (Å²) in [6.07, 6.45) is 2.61. The Morgan fingerprint density at radius 3 is 2.71 bits per heavy atom. The number of carbonyl (C=O) groups is 3. The third kappa shape index (κ3) is 3.80. The molecule has 1 amide bonds. The van der Waals surface area contributed by atoms with Gasteiger partial charge in [-0.2, -0.15) is 5.10 Å². The van der Waals surface area contributed by atoms with Gasteiger partial charge in [-0.15, -0.1) is 11.3 Å². The van der Waals surface area contributed by atoms with Crippen molar-refractivity contribution in [3.8, 4) is 0 Å². The number of ether oxygens (including phenoxy) is 1. The maximum atomic E-state index is 12.3. The number of rotatable bonds is 6. The number of aliphatic carboxylic acids is 1. The fourth-order valence-corrected chi connectivity index (χ4v) is 3.09. The lowest BCUT2D eigenvalue weighted by atomic mass is 10.1. The Balaban J connectivity index is 2.23. The van der Waals surface area contributed by atoms with E-state index >= 15 is 0 Å². The van der Waals surface area contributed by atoms with Crippen LogP contribution in [-0.2, 0) is 16.1 Å². The second-order valence-corrected chi connectivity index (χ2v) is 6.21. The third-order valence-corrected chi connectivity index (χ3v) is 4.41. The van der Waals surface area contributed by atoms with Gasteiger partial charge in [-0.05, 0) is 26.3 Å². The van der Waals surface area contributed by atoms with Crippen molar-refractivity contribution in [2.75, 3.05) is 11.9 Å². The van der Waals surface area contributed by atoms with E-state index in [1.807, 2.05) is 6.92 Å². The molecule has 9 heteroatoms. The summed E-state index contributed by atoms with van der Waals surface area (Å²) in [5.74, 6) is -2.02. The van der Waals surface area contributed by atoms with Crippen LogP contribution in [-0.4, -0.2) is 39.3 Å². The number of amides is 1. The number of esters is 1. The highest BCUT2D eigenvalue weighted by atomic mass is 32.1. The Morgan fingerprint density at radius 1 is 1.38 bits per heavy atom. The lowest BCUT2D eigenvalue weighted by molar-refractivity contribution is -0.137. The first-order valence-corrected chi connectivity index (χ1v) is 7.97. The molecule has 0 fully saturated rings. The van der Waals surface area contributed by atoms with Crippen molar-refractivity contribution in [1.82, 2.24) is 9.78 Å². The van der Waals surface area contributed by atoms with Gasteiger partial charge in [0.15, 0.2) is 0 Å². The second kappa shape index (κ2) is 7.26. The van der Waals surface area contributed by atoms with E-state index in [2.05, 4.69) is 10.4 Å². The first-order chi connectivity index (χ1) is 11.3. The van der Waals surface area contributed by atoms with Crippen molar-refractivity contribution in [3.05, 3.63) is 34.0 Å². The van der Waals surface area contributed by atoms with Gasteiger partial charge in [0.05, 0.1) is 23.9 Å². The predicted octanol–water partition coefficient (Wildman–Crippen LogP) is 2.08. The summed E-state index contributed by atoms with van der Waals surface area (Å²) in [6, 6.07) is 0. The van der Waals surface area contributed by atoms with Crippen LogP contribution in [0.25, 0.3) is 0 Å². The summed E-state index contributed by atoms with van der Waals surface area (Å²) in [7, 11) is 0. The number of thiophene rings is 1. The summed E-state index contributed by atoms with van der Waals surface area (Å²) in [5.41, 5.74) is 1.30. The summed E-state index contributed by atoms with van der Waals surface area (Å²) in [5, 5.41) is 15.6. The number of anilines is 1. The highest BCUT2D eigenvalue weighted by molar-refractivity contribution is 7.16. The minimum Gasteiger partial charge on any atom is -0.480 e. The number of carboxylic acids is 1. The number of aromatic nitrogens is 2. The fraction of sp³-hybridized carbons (Fsp3) is 0.333. The molecule has 0 aliphatic rings. The predicted molar refractivity (Wildman–Crippen MR) is 87.6 cm³/mol. The molecule has 2 rings (SSSR count). The molecule has 0 aromatic carbocycles. The van der Waals surface area contributed by atoms with E-state index in [0.29, 0.717) is 10.6 Å². The van der Waals surface area contributed by atoms with Crippen LogP contribution in [0.4, 0.5) is 5.00 Å². The molecule has 0 atom stereocenters. The van der Waals surface area contributed by atoms with E-state index in [9.17, 15) is 14.4 Å².